The van der Waals surface area contributed by atoms with Gasteiger partial charge < -0.3 is 10.1 Å². The summed E-state index contributed by atoms with van der Waals surface area (Å²) in [6.45, 7) is 2.35. The number of halogens is 3. The lowest BCUT2D eigenvalue weighted by molar-refractivity contribution is -0.123. The highest BCUT2D eigenvalue weighted by atomic mass is 35.6. The molecule has 1 heterocycles. The quantitative estimate of drug-likeness (QED) is 0.847. The second kappa shape index (κ2) is 7.65. The Labute approximate surface area is 139 Å². The lowest BCUT2D eigenvalue weighted by atomic mass is 10.1. The van der Waals surface area contributed by atoms with E-state index in [0.717, 1.165) is 5.56 Å². The van der Waals surface area contributed by atoms with Gasteiger partial charge in [-0.25, -0.2) is 0 Å². The Hall–Kier alpha value is -0.520. The number of benzene rings is 1. The van der Waals surface area contributed by atoms with Crippen LogP contribution in [0.4, 0.5) is 0 Å². The maximum absolute atomic E-state index is 12.2. The van der Waals surface area contributed by atoms with Gasteiger partial charge in [0, 0.05) is 13.1 Å². The predicted molar refractivity (Wildman–Crippen MR) is 84.8 cm³/mol. The van der Waals surface area contributed by atoms with Crippen LogP contribution in [0, 0.1) is 0 Å². The molecule has 1 atom stereocenters. The highest BCUT2D eigenvalue weighted by molar-refractivity contribution is 6.68. The van der Waals surface area contributed by atoms with Crippen LogP contribution in [-0.4, -0.2) is 47.1 Å². The Bertz CT molecular complexity index is 459. The fourth-order valence-corrected chi connectivity index (χ4v) is 2.78. The summed E-state index contributed by atoms with van der Waals surface area (Å²) in [5.41, 5.74) is 0.917. The third kappa shape index (κ3) is 5.31. The lowest BCUT2D eigenvalue weighted by Crippen LogP contribution is -2.58. The Morgan fingerprint density at radius 2 is 1.86 bits per heavy atom. The Kier molecular flexibility index (Phi) is 6.14. The van der Waals surface area contributed by atoms with E-state index in [1.807, 2.05) is 35.2 Å². The standard InChI is InChI=1S/C14H17Cl3N2O2/c15-14(16,17)13(19-6-8-21-9-7-19)18-12(20)10-11-4-2-1-3-5-11/h1-5,13H,6-10H2,(H,18,20)/t13-/m1/s1. The number of alkyl halides is 3. The van der Waals surface area contributed by atoms with Gasteiger partial charge in [0.05, 0.1) is 19.6 Å². The zero-order chi connectivity index (χ0) is 15.3. The Morgan fingerprint density at radius 3 is 2.43 bits per heavy atom. The minimum absolute atomic E-state index is 0.177. The summed E-state index contributed by atoms with van der Waals surface area (Å²) >= 11 is 18.0. The van der Waals surface area contributed by atoms with Crippen LogP contribution in [-0.2, 0) is 16.0 Å². The first-order valence-electron chi connectivity index (χ1n) is 6.68. The van der Waals surface area contributed by atoms with Crippen molar-refractivity contribution in [3.8, 4) is 0 Å². The fraction of sp³-hybridized carbons (Fsp3) is 0.500. The van der Waals surface area contributed by atoms with E-state index in [4.69, 9.17) is 39.5 Å². The number of hydrogen-bond acceptors (Lipinski definition) is 3. The van der Waals surface area contributed by atoms with Crippen LogP contribution < -0.4 is 5.32 Å². The molecule has 0 bridgehead atoms. The van der Waals surface area contributed by atoms with Crippen LogP contribution in [0.2, 0.25) is 0 Å². The summed E-state index contributed by atoms with van der Waals surface area (Å²) in [5, 5.41) is 2.81. The first kappa shape index (κ1) is 16.8. The third-order valence-corrected chi connectivity index (χ3v) is 3.85. The zero-order valence-corrected chi connectivity index (χ0v) is 13.7. The smallest absolute Gasteiger partial charge is 0.225 e. The number of carbonyl (C=O) groups excluding carboxylic acids is 1. The monoisotopic (exact) mass is 350 g/mol. The molecule has 0 spiro atoms. The van der Waals surface area contributed by atoms with E-state index in [1.165, 1.54) is 0 Å². The summed E-state index contributed by atoms with van der Waals surface area (Å²) in [4.78, 5) is 14.1. The van der Waals surface area contributed by atoms with Gasteiger partial charge in [-0.05, 0) is 5.56 Å². The van der Waals surface area contributed by atoms with Crippen LogP contribution in [0.25, 0.3) is 0 Å². The summed E-state index contributed by atoms with van der Waals surface area (Å²) < 4.78 is 3.69. The van der Waals surface area contributed by atoms with Crippen LogP contribution in [0.15, 0.2) is 30.3 Å². The summed E-state index contributed by atoms with van der Waals surface area (Å²) in [7, 11) is 0. The molecule has 1 aliphatic heterocycles. The number of amides is 1. The normalized spacial score (nSPS) is 18.2. The second-order valence-corrected chi connectivity index (χ2v) is 7.19. The van der Waals surface area contributed by atoms with Crippen molar-refractivity contribution in [1.82, 2.24) is 10.2 Å². The Balaban J connectivity index is 1.99. The van der Waals surface area contributed by atoms with Crippen molar-refractivity contribution in [2.75, 3.05) is 26.3 Å². The van der Waals surface area contributed by atoms with Gasteiger partial charge in [-0.1, -0.05) is 65.1 Å². The van der Waals surface area contributed by atoms with Gasteiger partial charge in [0.1, 0.15) is 6.17 Å². The Morgan fingerprint density at radius 1 is 1.24 bits per heavy atom. The molecule has 1 saturated heterocycles. The van der Waals surface area contributed by atoms with Gasteiger partial charge in [-0.2, -0.15) is 0 Å². The van der Waals surface area contributed by atoms with E-state index >= 15 is 0 Å². The number of morpholine rings is 1. The molecule has 1 aromatic rings. The number of nitrogens with one attached hydrogen (secondary N) is 1. The molecule has 0 saturated carbocycles. The average molecular weight is 352 g/mol. The van der Waals surface area contributed by atoms with Gasteiger partial charge in [0.15, 0.2) is 0 Å². The van der Waals surface area contributed by atoms with E-state index in [2.05, 4.69) is 5.32 Å². The molecule has 21 heavy (non-hydrogen) atoms. The second-order valence-electron chi connectivity index (χ2n) is 4.82. The maximum Gasteiger partial charge on any atom is 0.225 e. The molecule has 0 aliphatic carbocycles. The van der Waals surface area contributed by atoms with E-state index in [0.29, 0.717) is 26.3 Å². The first-order chi connectivity index (χ1) is 9.97. The molecule has 1 aromatic carbocycles. The molecule has 4 nitrogen and oxygen atoms in total. The molecular formula is C14H17Cl3N2O2. The van der Waals surface area contributed by atoms with E-state index < -0.39 is 9.96 Å². The number of rotatable bonds is 4. The van der Waals surface area contributed by atoms with Crippen molar-refractivity contribution >= 4 is 40.7 Å². The highest BCUT2D eigenvalue weighted by Gasteiger charge is 2.38. The number of ether oxygens (including phenoxy) is 1. The summed E-state index contributed by atoms with van der Waals surface area (Å²) in [6.07, 6.45) is -0.412. The van der Waals surface area contributed by atoms with Gasteiger partial charge in [0.2, 0.25) is 9.70 Å². The van der Waals surface area contributed by atoms with Gasteiger partial charge in [0.25, 0.3) is 0 Å². The molecular weight excluding hydrogens is 335 g/mol. The third-order valence-electron chi connectivity index (χ3n) is 3.23. The van der Waals surface area contributed by atoms with Gasteiger partial charge in [-0.15, -0.1) is 0 Å². The molecule has 0 radical (unpaired) electrons. The van der Waals surface area contributed by atoms with Gasteiger partial charge in [-0.3, -0.25) is 9.69 Å². The molecule has 0 unspecified atom stereocenters. The molecule has 2 rings (SSSR count). The SMILES string of the molecule is O=C(Cc1ccccc1)N[C@H](N1CCOCC1)C(Cl)(Cl)Cl. The lowest BCUT2D eigenvalue weighted by Gasteiger charge is -2.38. The van der Waals surface area contributed by atoms with Crippen molar-refractivity contribution in [2.45, 2.75) is 16.4 Å². The minimum Gasteiger partial charge on any atom is -0.379 e. The highest BCUT2D eigenvalue weighted by Crippen LogP contribution is 2.32. The molecule has 7 heteroatoms. The van der Waals surface area contributed by atoms with Crippen LogP contribution in [0.1, 0.15) is 5.56 Å². The van der Waals surface area contributed by atoms with Crippen LogP contribution in [0.3, 0.4) is 0 Å². The molecule has 1 fully saturated rings. The zero-order valence-electron chi connectivity index (χ0n) is 11.4. The van der Waals surface area contributed by atoms with Crippen molar-refractivity contribution in [1.29, 1.82) is 0 Å². The predicted octanol–water partition coefficient (Wildman–Crippen LogP) is 2.37. The maximum atomic E-state index is 12.2. The van der Waals surface area contributed by atoms with E-state index in [-0.39, 0.29) is 12.3 Å². The van der Waals surface area contributed by atoms with E-state index in [1.54, 1.807) is 0 Å². The molecule has 116 valence electrons. The first-order valence-corrected chi connectivity index (χ1v) is 7.82. The largest absolute Gasteiger partial charge is 0.379 e. The molecule has 1 aliphatic rings. The van der Waals surface area contributed by atoms with Crippen LogP contribution >= 0.6 is 34.8 Å². The van der Waals surface area contributed by atoms with Crippen LogP contribution in [0.5, 0.6) is 0 Å². The molecule has 1 N–H and O–H groups in total. The number of nitrogens with zero attached hydrogens (tertiary/aromatic N) is 1. The van der Waals surface area contributed by atoms with E-state index in [9.17, 15) is 4.79 Å². The summed E-state index contributed by atoms with van der Waals surface area (Å²) in [6, 6.07) is 9.45. The van der Waals surface area contributed by atoms with Crippen molar-refractivity contribution in [3.05, 3.63) is 35.9 Å². The van der Waals surface area contributed by atoms with Crippen molar-refractivity contribution in [2.24, 2.45) is 0 Å². The fourth-order valence-electron chi connectivity index (χ4n) is 2.20. The summed E-state index contributed by atoms with van der Waals surface area (Å²) in [5.74, 6) is -0.177. The molecule has 1 amide bonds. The van der Waals surface area contributed by atoms with Crippen molar-refractivity contribution < 1.29 is 9.53 Å². The number of hydrogen-bond donors (Lipinski definition) is 1. The minimum atomic E-state index is -1.59. The van der Waals surface area contributed by atoms with Crippen molar-refractivity contribution in [3.63, 3.8) is 0 Å². The molecule has 0 aromatic heterocycles. The topological polar surface area (TPSA) is 41.6 Å². The van der Waals surface area contributed by atoms with Gasteiger partial charge >= 0.3 is 0 Å². The average Bonchev–Trinajstić information content (AvgIpc) is 2.45. The number of carbonyl (C=O) groups is 1.